The summed E-state index contributed by atoms with van der Waals surface area (Å²) in [6, 6.07) is 1.57. The van der Waals surface area contributed by atoms with Gasteiger partial charge in [0, 0.05) is 22.3 Å². The number of halogens is 1. The Balaban J connectivity index is 2.87. The number of rotatable bonds is 1. The van der Waals surface area contributed by atoms with Crippen LogP contribution in [0.3, 0.4) is 0 Å². The molecule has 7 heteroatoms. The molecule has 2 aromatic rings. The Morgan fingerprint density at radius 2 is 2.21 bits per heavy atom. The van der Waals surface area contributed by atoms with E-state index in [1.54, 1.807) is 6.07 Å². The minimum atomic E-state index is -4.19. The number of aromatic amines is 1. The number of aromatic nitrogens is 2. The molecule has 5 nitrogen and oxygen atoms in total. The van der Waals surface area contributed by atoms with Gasteiger partial charge < -0.3 is 4.98 Å². The quantitative estimate of drug-likeness (QED) is 0.775. The molecule has 0 atom stereocenters. The fourth-order valence-electron chi connectivity index (χ4n) is 1.17. The number of hydrogen-bond acceptors (Lipinski definition) is 3. The number of hydrogen-bond donors (Lipinski definition) is 2. The Labute approximate surface area is 88.0 Å². The van der Waals surface area contributed by atoms with Crippen LogP contribution >= 0.6 is 15.9 Å². The molecular weight excluding hydrogens is 272 g/mol. The van der Waals surface area contributed by atoms with Gasteiger partial charge in [0.25, 0.3) is 10.1 Å². The van der Waals surface area contributed by atoms with Crippen LogP contribution in [0.2, 0.25) is 0 Å². The molecule has 0 saturated heterocycles. The van der Waals surface area contributed by atoms with Gasteiger partial charge in [-0.2, -0.15) is 8.42 Å². The van der Waals surface area contributed by atoms with E-state index in [1.165, 1.54) is 12.4 Å². The van der Waals surface area contributed by atoms with E-state index in [1.807, 2.05) is 0 Å². The van der Waals surface area contributed by atoms with Gasteiger partial charge in [0.1, 0.15) is 10.5 Å². The fraction of sp³-hybridized carbons (Fsp3) is 0. The molecule has 2 rings (SSSR count). The first-order valence-corrected chi connectivity index (χ1v) is 5.82. The second-order valence-corrected chi connectivity index (χ2v) is 4.98. The third kappa shape index (κ3) is 1.54. The first-order valence-electron chi connectivity index (χ1n) is 3.58. The lowest BCUT2D eigenvalue weighted by Crippen LogP contribution is -1.96. The minimum Gasteiger partial charge on any atom is -0.345 e. The predicted molar refractivity (Wildman–Crippen MR) is 53.6 cm³/mol. The molecule has 0 aliphatic heterocycles. The molecule has 2 heterocycles. The molecule has 2 aromatic heterocycles. The van der Waals surface area contributed by atoms with E-state index < -0.39 is 10.1 Å². The number of nitrogens with one attached hydrogen (secondary N) is 1. The smallest absolute Gasteiger partial charge is 0.296 e. The van der Waals surface area contributed by atoms with Crippen LogP contribution in [0.4, 0.5) is 0 Å². The van der Waals surface area contributed by atoms with Crippen molar-refractivity contribution in [3.63, 3.8) is 0 Å². The summed E-state index contributed by atoms with van der Waals surface area (Å²) >= 11 is 3.17. The van der Waals surface area contributed by atoms with Crippen molar-refractivity contribution in [2.24, 2.45) is 0 Å². The summed E-state index contributed by atoms with van der Waals surface area (Å²) in [7, 11) is -4.19. The number of H-pyrrole nitrogens is 1. The molecular formula is C7H5BrN2O3S. The van der Waals surface area contributed by atoms with E-state index in [0.29, 0.717) is 15.5 Å². The summed E-state index contributed by atoms with van der Waals surface area (Å²) in [6.07, 6.45) is 2.74. The highest BCUT2D eigenvalue weighted by Gasteiger charge is 2.16. The maximum atomic E-state index is 10.9. The van der Waals surface area contributed by atoms with Gasteiger partial charge in [-0.15, -0.1) is 0 Å². The van der Waals surface area contributed by atoms with Gasteiger partial charge in [-0.1, -0.05) is 0 Å². The lowest BCUT2D eigenvalue weighted by atomic mass is 10.3. The Morgan fingerprint density at radius 1 is 1.50 bits per heavy atom. The molecule has 0 aliphatic carbocycles. The van der Waals surface area contributed by atoms with Gasteiger partial charge in [0.2, 0.25) is 0 Å². The highest BCUT2D eigenvalue weighted by atomic mass is 79.9. The molecule has 0 radical (unpaired) electrons. The number of fused-ring (bicyclic) bond motifs is 1. The highest BCUT2D eigenvalue weighted by molar-refractivity contribution is 9.10. The Bertz CT molecular complexity index is 590. The van der Waals surface area contributed by atoms with E-state index >= 15 is 0 Å². The van der Waals surface area contributed by atoms with Crippen LogP contribution in [0.1, 0.15) is 0 Å². The first kappa shape index (κ1) is 9.63. The Kier molecular flexibility index (Phi) is 2.09. The number of pyridine rings is 1. The standard InChI is InChI=1S/C7H5BrN2O3S/c8-4-1-5-6(14(11,12)13)3-10-7(5)9-2-4/h1-3H,(H,9,10)(H,11,12,13). The summed E-state index contributed by atoms with van der Waals surface area (Å²) in [5, 5.41) is 0.363. The normalized spacial score (nSPS) is 12.1. The van der Waals surface area contributed by atoms with Crippen molar-refractivity contribution in [3.8, 4) is 0 Å². The molecule has 0 amide bonds. The zero-order chi connectivity index (χ0) is 10.3. The van der Waals surface area contributed by atoms with Gasteiger partial charge in [0.05, 0.1) is 0 Å². The van der Waals surface area contributed by atoms with Crippen molar-refractivity contribution in [1.29, 1.82) is 0 Å². The van der Waals surface area contributed by atoms with E-state index in [9.17, 15) is 8.42 Å². The Hall–Kier alpha value is -0.920. The zero-order valence-electron chi connectivity index (χ0n) is 6.73. The van der Waals surface area contributed by atoms with Gasteiger partial charge >= 0.3 is 0 Å². The first-order chi connectivity index (χ1) is 6.48. The van der Waals surface area contributed by atoms with Crippen LogP contribution in [0, 0.1) is 0 Å². The van der Waals surface area contributed by atoms with E-state index in [-0.39, 0.29) is 4.90 Å². The van der Waals surface area contributed by atoms with Crippen molar-refractivity contribution in [3.05, 3.63) is 22.9 Å². The molecule has 74 valence electrons. The monoisotopic (exact) mass is 276 g/mol. The maximum absolute atomic E-state index is 10.9. The summed E-state index contributed by atoms with van der Waals surface area (Å²) in [6.45, 7) is 0. The molecule has 0 spiro atoms. The third-order valence-corrected chi connectivity index (χ3v) is 3.06. The zero-order valence-corrected chi connectivity index (χ0v) is 9.13. The molecule has 0 fully saturated rings. The molecule has 0 saturated carbocycles. The highest BCUT2D eigenvalue weighted by Crippen LogP contribution is 2.23. The van der Waals surface area contributed by atoms with Crippen LogP contribution in [-0.4, -0.2) is 22.9 Å². The van der Waals surface area contributed by atoms with Crippen LogP contribution in [0.25, 0.3) is 11.0 Å². The second-order valence-electron chi connectivity index (χ2n) is 2.68. The van der Waals surface area contributed by atoms with Gasteiger partial charge in [0.15, 0.2) is 0 Å². The van der Waals surface area contributed by atoms with Crippen LogP contribution in [0.15, 0.2) is 27.8 Å². The molecule has 0 aromatic carbocycles. The van der Waals surface area contributed by atoms with Crippen LogP contribution in [-0.2, 0) is 10.1 Å². The molecule has 0 bridgehead atoms. The molecule has 0 unspecified atom stereocenters. The molecule has 14 heavy (non-hydrogen) atoms. The van der Waals surface area contributed by atoms with Crippen molar-refractivity contribution < 1.29 is 13.0 Å². The van der Waals surface area contributed by atoms with Crippen LogP contribution in [0.5, 0.6) is 0 Å². The average Bonchev–Trinajstić information content (AvgIpc) is 2.45. The summed E-state index contributed by atoms with van der Waals surface area (Å²) in [4.78, 5) is 6.42. The van der Waals surface area contributed by atoms with Gasteiger partial charge in [-0.3, -0.25) is 4.55 Å². The molecule has 2 N–H and O–H groups in total. The third-order valence-electron chi connectivity index (χ3n) is 1.74. The van der Waals surface area contributed by atoms with Crippen molar-refractivity contribution >= 4 is 37.1 Å². The average molecular weight is 277 g/mol. The van der Waals surface area contributed by atoms with Gasteiger partial charge in [-0.05, 0) is 22.0 Å². The van der Waals surface area contributed by atoms with Gasteiger partial charge in [-0.25, -0.2) is 4.98 Å². The topological polar surface area (TPSA) is 83.0 Å². The van der Waals surface area contributed by atoms with Crippen molar-refractivity contribution in [2.45, 2.75) is 4.90 Å². The summed E-state index contributed by atoms with van der Waals surface area (Å²) in [5.74, 6) is 0. The van der Waals surface area contributed by atoms with E-state index in [0.717, 1.165) is 0 Å². The maximum Gasteiger partial charge on any atom is 0.296 e. The van der Waals surface area contributed by atoms with E-state index in [4.69, 9.17) is 4.55 Å². The lowest BCUT2D eigenvalue weighted by molar-refractivity contribution is 0.484. The van der Waals surface area contributed by atoms with Crippen LogP contribution < -0.4 is 0 Å². The lowest BCUT2D eigenvalue weighted by Gasteiger charge is -1.94. The predicted octanol–water partition coefficient (Wildman–Crippen LogP) is 1.57. The Morgan fingerprint density at radius 3 is 2.86 bits per heavy atom. The molecule has 0 aliphatic rings. The SMILES string of the molecule is O=S(=O)(O)c1c[nH]c2ncc(Br)cc12. The van der Waals surface area contributed by atoms with E-state index in [2.05, 4.69) is 25.9 Å². The van der Waals surface area contributed by atoms with Crippen molar-refractivity contribution in [2.75, 3.05) is 0 Å². The summed E-state index contributed by atoms with van der Waals surface area (Å²) in [5.41, 5.74) is 0.417. The summed E-state index contributed by atoms with van der Waals surface area (Å²) < 4.78 is 31.3. The largest absolute Gasteiger partial charge is 0.345 e. The van der Waals surface area contributed by atoms with Crippen molar-refractivity contribution in [1.82, 2.24) is 9.97 Å². The number of nitrogens with zero attached hydrogens (tertiary/aromatic N) is 1. The minimum absolute atomic E-state index is 0.165. The second kappa shape index (κ2) is 3.04. The fourth-order valence-corrected chi connectivity index (χ4v) is 2.14.